The monoisotopic (exact) mass is 398 g/mol. The Hall–Kier alpha value is -2.64. The summed E-state index contributed by atoms with van der Waals surface area (Å²) in [4.78, 5) is 28.5. The number of anilines is 1. The summed E-state index contributed by atoms with van der Waals surface area (Å²) in [7, 11) is 0. The molecule has 1 fully saturated rings. The van der Waals surface area contributed by atoms with Gasteiger partial charge in [-0.05, 0) is 36.4 Å². The highest BCUT2D eigenvalue weighted by atomic mass is 32.1. The molecule has 0 saturated carbocycles. The fourth-order valence-electron chi connectivity index (χ4n) is 3.31. The van der Waals surface area contributed by atoms with Crippen LogP contribution in [0.15, 0.2) is 46.2 Å². The molecule has 3 heterocycles. The predicted molar refractivity (Wildman–Crippen MR) is 109 cm³/mol. The molecule has 0 bridgehead atoms. The standard InChI is InChI=1S/C21H22N2O4S/c24-18(9-3-5-15-6-4-14-28-15)22-19-16-7-1-2-8-17(16)27-20(19)21(25)23-10-12-26-13-11-23/h1-2,4,6-8,14H,3,5,9-13H2,(H,22,24). The molecule has 7 heteroatoms. The number of nitrogens with zero attached hydrogens (tertiary/aromatic N) is 1. The van der Waals surface area contributed by atoms with E-state index in [1.165, 1.54) is 4.88 Å². The van der Waals surface area contributed by atoms with Crippen LogP contribution < -0.4 is 5.32 Å². The molecule has 1 aliphatic rings. The summed E-state index contributed by atoms with van der Waals surface area (Å²) >= 11 is 1.70. The van der Waals surface area contributed by atoms with E-state index in [2.05, 4.69) is 11.4 Å². The average molecular weight is 398 g/mol. The molecule has 4 rings (SSSR count). The highest BCUT2D eigenvalue weighted by molar-refractivity contribution is 7.09. The minimum atomic E-state index is -0.214. The number of morpholine rings is 1. The minimum Gasteiger partial charge on any atom is -0.449 e. The van der Waals surface area contributed by atoms with E-state index in [0.717, 1.165) is 18.2 Å². The van der Waals surface area contributed by atoms with Gasteiger partial charge in [-0.3, -0.25) is 9.59 Å². The number of aryl methyl sites for hydroxylation is 1. The van der Waals surface area contributed by atoms with Crippen LogP contribution >= 0.6 is 11.3 Å². The van der Waals surface area contributed by atoms with Gasteiger partial charge in [0.1, 0.15) is 11.3 Å². The van der Waals surface area contributed by atoms with Crippen molar-refractivity contribution in [3.05, 3.63) is 52.4 Å². The summed E-state index contributed by atoms with van der Waals surface area (Å²) in [6.07, 6.45) is 2.02. The first-order chi connectivity index (χ1) is 13.7. The van der Waals surface area contributed by atoms with Crippen molar-refractivity contribution < 1.29 is 18.7 Å². The van der Waals surface area contributed by atoms with Gasteiger partial charge in [0.25, 0.3) is 5.91 Å². The summed E-state index contributed by atoms with van der Waals surface area (Å²) < 4.78 is 11.2. The lowest BCUT2D eigenvalue weighted by molar-refractivity contribution is -0.116. The highest BCUT2D eigenvalue weighted by Gasteiger charge is 2.27. The Morgan fingerprint density at radius 1 is 1.11 bits per heavy atom. The number of para-hydroxylation sites is 1. The van der Waals surface area contributed by atoms with Crippen molar-refractivity contribution in [2.75, 3.05) is 31.6 Å². The zero-order valence-electron chi connectivity index (χ0n) is 15.5. The van der Waals surface area contributed by atoms with Crippen LogP contribution in [0.5, 0.6) is 0 Å². The third kappa shape index (κ3) is 4.10. The van der Waals surface area contributed by atoms with E-state index in [4.69, 9.17) is 9.15 Å². The van der Waals surface area contributed by atoms with Crippen molar-refractivity contribution in [1.29, 1.82) is 0 Å². The minimum absolute atomic E-state index is 0.112. The molecule has 1 aromatic carbocycles. The third-order valence-corrected chi connectivity index (χ3v) is 5.70. The van der Waals surface area contributed by atoms with E-state index >= 15 is 0 Å². The van der Waals surface area contributed by atoms with Gasteiger partial charge in [0, 0.05) is 29.8 Å². The van der Waals surface area contributed by atoms with Gasteiger partial charge in [-0.15, -0.1) is 11.3 Å². The Balaban J connectivity index is 1.51. The van der Waals surface area contributed by atoms with Crippen molar-refractivity contribution >= 4 is 39.8 Å². The Morgan fingerprint density at radius 3 is 2.71 bits per heavy atom. The number of furan rings is 1. The Bertz CT molecular complexity index is 958. The van der Waals surface area contributed by atoms with Gasteiger partial charge in [-0.25, -0.2) is 0 Å². The molecule has 146 valence electrons. The largest absolute Gasteiger partial charge is 0.449 e. The van der Waals surface area contributed by atoms with Gasteiger partial charge in [-0.1, -0.05) is 18.2 Å². The van der Waals surface area contributed by atoms with E-state index in [1.54, 1.807) is 22.3 Å². The number of fused-ring (bicyclic) bond motifs is 1. The zero-order chi connectivity index (χ0) is 19.3. The molecule has 1 aliphatic heterocycles. The van der Waals surface area contributed by atoms with Crippen LogP contribution in [0.2, 0.25) is 0 Å². The second-order valence-corrected chi connectivity index (χ2v) is 7.72. The Morgan fingerprint density at radius 2 is 1.93 bits per heavy atom. The SMILES string of the molecule is O=C(CCCc1cccs1)Nc1c(C(=O)N2CCOCC2)oc2ccccc12. The van der Waals surface area contributed by atoms with Gasteiger partial charge in [0.05, 0.1) is 13.2 Å². The summed E-state index contributed by atoms with van der Waals surface area (Å²) in [6, 6.07) is 11.5. The van der Waals surface area contributed by atoms with Crippen LogP contribution in [-0.4, -0.2) is 43.0 Å². The van der Waals surface area contributed by atoms with Crippen LogP contribution in [-0.2, 0) is 16.0 Å². The fraction of sp³-hybridized carbons (Fsp3) is 0.333. The maximum atomic E-state index is 13.0. The van der Waals surface area contributed by atoms with Crippen molar-refractivity contribution in [1.82, 2.24) is 4.90 Å². The normalized spacial score (nSPS) is 14.4. The number of carbonyl (C=O) groups excluding carboxylic acids is 2. The number of hydrogen-bond acceptors (Lipinski definition) is 5. The fourth-order valence-corrected chi connectivity index (χ4v) is 4.06. The van der Waals surface area contributed by atoms with Gasteiger partial charge in [0.15, 0.2) is 0 Å². The molecule has 1 N–H and O–H groups in total. The predicted octanol–water partition coefficient (Wildman–Crippen LogP) is 3.93. The summed E-state index contributed by atoms with van der Waals surface area (Å²) in [5.74, 6) is -0.137. The smallest absolute Gasteiger partial charge is 0.291 e. The van der Waals surface area contributed by atoms with E-state index in [0.29, 0.717) is 44.0 Å². The molecule has 28 heavy (non-hydrogen) atoms. The van der Waals surface area contributed by atoms with E-state index in [1.807, 2.05) is 29.6 Å². The van der Waals surface area contributed by atoms with Gasteiger partial charge in [-0.2, -0.15) is 0 Å². The number of amides is 2. The Labute approximate surface area is 167 Å². The van der Waals surface area contributed by atoms with Crippen molar-refractivity contribution in [3.8, 4) is 0 Å². The van der Waals surface area contributed by atoms with Crippen molar-refractivity contribution in [2.24, 2.45) is 0 Å². The van der Waals surface area contributed by atoms with Crippen LogP contribution in [0.1, 0.15) is 28.3 Å². The molecule has 0 spiro atoms. The van der Waals surface area contributed by atoms with E-state index in [-0.39, 0.29) is 17.6 Å². The summed E-state index contributed by atoms with van der Waals surface area (Å²) in [6.45, 7) is 2.06. The van der Waals surface area contributed by atoms with Crippen LogP contribution in [0.3, 0.4) is 0 Å². The summed E-state index contributed by atoms with van der Waals surface area (Å²) in [5, 5.41) is 5.71. The molecule has 6 nitrogen and oxygen atoms in total. The quantitative estimate of drug-likeness (QED) is 0.683. The zero-order valence-corrected chi connectivity index (χ0v) is 16.3. The number of carbonyl (C=O) groups is 2. The first kappa shape index (κ1) is 18.7. The molecule has 2 aromatic heterocycles. The Kier molecular flexibility index (Phi) is 5.73. The van der Waals surface area contributed by atoms with E-state index in [9.17, 15) is 9.59 Å². The topological polar surface area (TPSA) is 71.8 Å². The lowest BCUT2D eigenvalue weighted by Gasteiger charge is -2.26. The lowest BCUT2D eigenvalue weighted by Crippen LogP contribution is -2.40. The lowest BCUT2D eigenvalue weighted by atomic mass is 10.1. The molecule has 0 radical (unpaired) electrons. The third-order valence-electron chi connectivity index (χ3n) is 4.76. The number of rotatable bonds is 6. The molecule has 1 saturated heterocycles. The maximum Gasteiger partial charge on any atom is 0.291 e. The molecule has 0 aliphatic carbocycles. The first-order valence-corrected chi connectivity index (χ1v) is 10.3. The van der Waals surface area contributed by atoms with Crippen LogP contribution in [0, 0.1) is 0 Å². The molecule has 3 aromatic rings. The number of nitrogens with one attached hydrogen (secondary N) is 1. The highest BCUT2D eigenvalue weighted by Crippen LogP contribution is 2.32. The maximum absolute atomic E-state index is 13.0. The van der Waals surface area contributed by atoms with Crippen molar-refractivity contribution in [2.45, 2.75) is 19.3 Å². The summed E-state index contributed by atoms with van der Waals surface area (Å²) in [5.41, 5.74) is 1.06. The molecule has 2 amide bonds. The van der Waals surface area contributed by atoms with Crippen LogP contribution in [0.4, 0.5) is 5.69 Å². The second-order valence-electron chi connectivity index (χ2n) is 6.69. The van der Waals surface area contributed by atoms with Gasteiger partial charge < -0.3 is 19.4 Å². The number of hydrogen-bond donors (Lipinski definition) is 1. The van der Waals surface area contributed by atoms with Gasteiger partial charge in [0.2, 0.25) is 11.7 Å². The van der Waals surface area contributed by atoms with Gasteiger partial charge >= 0.3 is 0 Å². The molecular formula is C21H22N2O4S. The molecule has 0 atom stereocenters. The number of ether oxygens (including phenoxy) is 1. The second kappa shape index (κ2) is 8.58. The van der Waals surface area contributed by atoms with Crippen LogP contribution in [0.25, 0.3) is 11.0 Å². The van der Waals surface area contributed by atoms with Crippen molar-refractivity contribution in [3.63, 3.8) is 0 Å². The first-order valence-electron chi connectivity index (χ1n) is 9.43. The molecule has 0 unspecified atom stereocenters. The van der Waals surface area contributed by atoms with E-state index < -0.39 is 0 Å². The number of thiophene rings is 1. The molecular weight excluding hydrogens is 376 g/mol. The number of benzene rings is 1. The average Bonchev–Trinajstić information content (AvgIpc) is 3.36.